The monoisotopic (exact) mass is 509 g/mol. The second-order valence-corrected chi connectivity index (χ2v) is 10.9. The van der Waals surface area contributed by atoms with Gasteiger partial charge in [-0.1, -0.05) is 36.4 Å². The van der Waals surface area contributed by atoms with Gasteiger partial charge in [0.2, 0.25) is 5.28 Å². The number of nitrogens with zero attached hydrogens (tertiary/aromatic N) is 2. The quantitative estimate of drug-likeness (QED) is 0.229. The van der Waals surface area contributed by atoms with Gasteiger partial charge in [-0.25, -0.2) is 9.97 Å². The topological polar surface area (TPSA) is 117 Å². The summed E-state index contributed by atoms with van der Waals surface area (Å²) in [5.74, 6) is 0.573. The Kier molecular flexibility index (Phi) is 8.80. The van der Waals surface area contributed by atoms with Crippen LogP contribution >= 0.6 is 28.4 Å². The maximum atomic E-state index is 9.71. The molecule has 2 aromatic carbocycles. The second kappa shape index (κ2) is 11.8. The van der Waals surface area contributed by atoms with Crippen molar-refractivity contribution in [2.75, 3.05) is 24.4 Å². The first-order valence-corrected chi connectivity index (χ1v) is 13.8. The summed E-state index contributed by atoms with van der Waals surface area (Å²) >= 11 is 6.20. The SMILES string of the molecule is OP(O)CP(O)OCC1CCC(c2ccc3c(NCCc4ccccc4)nc(Cl)nc3c2)O1. The molecule has 11 heteroatoms. The van der Waals surface area contributed by atoms with Crippen LogP contribution in [-0.2, 0) is 15.7 Å². The van der Waals surface area contributed by atoms with Gasteiger partial charge in [0.25, 0.3) is 0 Å². The van der Waals surface area contributed by atoms with E-state index in [1.165, 1.54) is 5.56 Å². The molecule has 3 aromatic rings. The van der Waals surface area contributed by atoms with Gasteiger partial charge < -0.3 is 29.3 Å². The van der Waals surface area contributed by atoms with Gasteiger partial charge in [-0.3, -0.25) is 0 Å². The number of anilines is 1. The number of benzene rings is 2. The third-order valence-corrected chi connectivity index (χ3v) is 7.97. The molecule has 4 N–H and O–H groups in total. The van der Waals surface area contributed by atoms with Crippen molar-refractivity contribution >= 4 is 45.1 Å². The molecule has 33 heavy (non-hydrogen) atoms. The summed E-state index contributed by atoms with van der Waals surface area (Å²) in [4.78, 5) is 36.4. The van der Waals surface area contributed by atoms with Gasteiger partial charge in [0.1, 0.15) is 5.82 Å². The van der Waals surface area contributed by atoms with E-state index in [9.17, 15) is 4.89 Å². The molecule has 176 valence electrons. The zero-order valence-corrected chi connectivity index (χ0v) is 20.4. The number of hydrogen-bond donors (Lipinski definition) is 4. The van der Waals surface area contributed by atoms with Crippen LogP contribution in [0.1, 0.15) is 30.1 Å². The molecule has 0 aliphatic carbocycles. The Morgan fingerprint density at radius 2 is 1.91 bits per heavy atom. The molecule has 3 atom stereocenters. The van der Waals surface area contributed by atoms with Crippen molar-refractivity contribution < 1.29 is 23.9 Å². The standard InChI is InChI=1S/C22H26ClN3O5P2/c23-22-25-19-12-16(20-9-7-17(31-20)13-30-33(29)14-32(27)28)6-8-18(19)21(26-22)24-11-10-15-4-2-1-3-5-15/h1-6,8,12,17,20,27-29H,7,9-11,13-14H2,(H,24,25,26). The van der Waals surface area contributed by atoms with Crippen molar-refractivity contribution in [2.24, 2.45) is 0 Å². The summed E-state index contributed by atoms with van der Waals surface area (Å²) in [6.45, 7) is 0.947. The van der Waals surface area contributed by atoms with E-state index in [1.807, 2.05) is 36.4 Å². The molecule has 2 heterocycles. The molecular formula is C22H26ClN3O5P2. The summed E-state index contributed by atoms with van der Waals surface area (Å²) in [5, 5.41) is 4.45. The Morgan fingerprint density at radius 1 is 1.09 bits per heavy atom. The fraction of sp³-hybridized carbons (Fsp3) is 0.364. The van der Waals surface area contributed by atoms with Crippen molar-refractivity contribution in [3.8, 4) is 0 Å². The number of fused-ring (bicyclic) bond motifs is 1. The lowest BCUT2D eigenvalue weighted by molar-refractivity contribution is 0.0178. The fourth-order valence-electron chi connectivity index (χ4n) is 3.81. The highest BCUT2D eigenvalue weighted by molar-refractivity contribution is 7.63. The molecule has 8 nitrogen and oxygen atoms in total. The summed E-state index contributed by atoms with van der Waals surface area (Å²) in [6, 6.07) is 16.2. The number of ether oxygens (including phenoxy) is 1. The maximum absolute atomic E-state index is 9.71. The minimum Gasteiger partial charge on any atom is -0.369 e. The van der Waals surface area contributed by atoms with Gasteiger partial charge in [0.15, 0.2) is 16.8 Å². The summed E-state index contributed by atoms with van der Waals surface area (Å²) in [7, 11) is -4.01. The molecule has 3 unspecified atom stereocenters. The Hall–Kier alpha value is -1.47. The van der Waals surface area contributed by atoms with E-state index in [2.05, 4.69) is 27.4 Å². The van der Waals surface area contributed by atoms with E-state index in [0.29, 0.717) is 5.82 Å². The average molecular weight is 510 g/mol. The van der Waals surface area contributed by atoms with Crippen LogP contribution in [0.4, 0.5) is 5.82 Å². The molecule has 0 bridgehead atoms. The fourth-order valence-corrected chi connectivity index (χ4v) is 5.52. The van der Waals surface area contributed by atoms with Gasteiger partial charge >= 0.3 is 0 Å². The highest BCUT2D eigenvalue weighted by atomic mass is 35.5. The maximum Gasteiger partial charge on any atom is 0.224 e. The summed E-state index contributed by atoms with van der Waals surface area (Å²) < 4.78 is 11.4. The van der Waals surface area contributed by atoms with Crippen LogP contribution in [0.15, 0.2) is 48.5 Å². The van der Waals surface area contributed by atoms with E-state index < -0.39 is 16.8 Å². The lowest BCUT2D eigenvalue weighted by atomic mass is 10.0. The number of nitrogens with one attached hydrogen (secondary N) is 1. The van der Waals surface area contributed by atoms with Gasteiger partial charge in [0, 0.05) is 11.9 Å². The summed E-state index contributed by atoms with van der Waals surface area (Å²) in [6.07, 6.45) is 2.21. The normalized spacial score (nSPS) is 19.3. The predicted octanol–water partition coefficient (Wildman–Crippen LogP) is 4.73. The number of rotatable bonds is 10. The Labute approximate surface area is 199 Å². The molecule has 1 aromatic heterocycles. The van der Waals surface area contributed by atoms with Gasteiger partial charge in [-0.05, 0) is 54.1 Å². The lowest BCUT2D eigenvalue weighted by Gasteiger charge is -2.17. The molecule has 4 rings (SSSR count). The first-order chi connectivity index (χ1) is 16.0. The first kappa shape index (κ1) is 24.6. The Balaban J connectivity index is 1.39. The first-order valence-electron chi connectivity index (χ1n) is 10.6. The van der Waals surface area contributed by atoms with Gasteiger partial charge in [-0.2, -0.15) is 0 Å². The third-order valence-electron chi connectivity index (χ3n) is 5.38. The predicted molar refractivity (Wildman–Crippen MR) is 131 cm³/mol. The molecule has 0 amide bonds. The molecule has 1 aliphatic rings. The molecule has 1 saturated heterocycles. The van der Waals surface area contributed by atoms with E-state index in [4.69, 9.17) is 30.6 Å². The highest BCUT2D eigenvalue weighted by Gasteiger charge is 2.28. The van der Waals surface area contributed by atoms with Crippen LogP contribution in [0, 0.1) is 0 Å². The van der Waals surface area contributed by atoms with Crippen molar-refractivity contribution in [3.05, 3.63) is 64.9 Å². The van der Waals surface area contributed by atoms with Gasteiger partial charge in [0.05, 0.1) is 30.2 Å². The number of hydrogen-bond acceptors (Lipinski definition) is 8. The average Bonchev–Trinajstić information content (AvgIpc) is 3.26. The number of aromatic nitrogens is 2. The van der Waals surface area contributed by atoms with E-state index in [0.717, 1.165) is 42.3 Å². The van der Waals surface area contributed by atoms with Crippen molar-refractivity contribution in [3.63, 3.8) is 0 Å². The molecule has 1 aliphatic heterocycles. The largest absolute Gasteiger partial charge is 0.369 e. The molecule has 0 saturated carbocycles. The van der Waals surface area contributed by atoms with E-state index in [1.54, 1.807) is 0 Å². The minimum absolute atomic E-state index is 0.107. The highest BCUT2D eigenvalue weighted by Crippen LogP contribution is 2.44. The molecular weight excluding hydrogens is 484 g/mol. The van der Waals surface area contributed by atoms with Crippen LogP contribution in [0.3, 0.4) is 0 Å². The van der Waals surface area contributed by atoms with E-state index >= 15 is 0 Å². The van der Waals surface area contributed by atoms with Crippen LogP contribution in [0.5, 0.6) is 0 Å². The Bertz CT molecular complexity index is 1060. The van der Waals surface area contributed by atoms with Crippen LogP contribution < -0.4 is 5.32 Å². The van der Waals surface area contributed by atoms with Crippen LogP contribution in [-0.4, -0.2) is 49.8 Å². The van der Waals surface area contributed by atoms with Crippen LogP contribution in [0.25, 0.3) is 10.9 Å². The molecule has 0 spiro atoms. The van der Waals surface area contributed by atoms with Gasteiger partial charge in [-0.15, -0.1) is 0 Å². The minimum atomic E-state index is -2.16. The number of halogens is 1. The van der Waals surface area contributed by atoms with E-state index in [-0.39, 0.29) is 30.0 Å². The second-order valence-electron chi connectivity index (χ2n) is 7.77. The third kappa shape index (κ3) is 7.01. The smallest absolute Gasteiger partial charge is 0.224 e. The van der Waals surface area contributed by atoms with Crippen molar-refractivity contribution in [1.82, 2.24) is 9.97 Å². The van der Waals surface area contributed by atoms with Crippen molar-refractivity contribution in [2.45, 2.75) is 31.5 Å². The molecule has 0 radical (unpaired) electrons. The summed E-state index contributed by atoms with van der Waals surface area (Å²) in [5.41, 5.74) is 2.99. The zero-order chi connectivity index (χ0) is 23.2. The molecule has 1 fully saturated rings. The van der Waals surface area contributed by atoms with Crippen LogP contribution in [0.2, 0.25) is 5.28 Å². The Morgan fingerprint density at radius 3 is 2.70 bits per heavy atom. The zero-order valence-electron chi connectivity index (χ0n) is 17.8. The lowest BCUT2D eigenvalue weighted by Crippen LogP contribution is -2.13. The van der Waals surface area contributed by atoms with Crippen molar-refractivity contribution in [1.29, 1.82) is 0 Å².